The van der Waals surface area contributed by atoms with E-state index < -0.39 is 12.0 Å². The highest BCUT2D eigenvalue weighted by Gasteiger charge is 2.20. The summed E-state index contributed by atoms with van der Waals surface area (Å²) in [5.74, 6) is 0.154. The Kier molecular flexibility index (Phi) is 7.24. The third-order valence-corrected chi connectivity index (χ3v) is 4.95. The zero-order chi connectivity index (χ0) is 21.7. The molecule has 0 saturated heterocycles. The largest absolute Gasteiger partial charge is 0.490 e. The molecule has 30 heavy (non-hydrogen) atoms. The number of para-hydroxylation sites is 1. The van der Waals surface area contributed by atoms with Crippen LogP contribution in [0.25, 0.3) is 10.9 Å². The summed E-state index contributed by atoms with van der Waals surface area (Å²) in [6.07, 6.45) is 2.18. The molecule has 3 rings (SSSR count). The van der Waals surface area contributed by atoms with Gasteiger partial charge in [0.2, 0.25) is 0 Å². The van der Waals surface area contributed by atoms with Crippen molar-refractivity contribution in [3.05, 3.63) is 58.7 Å². The van der Waals surface area contributed by atoms with Crippen molar-refractivity contribution in [3.8, 4) is 11.5 Å². The van der Waals surface area contributed by atoms with Crippen molar-refractivity contribution in [1.29, 1.82) is 0 Å². The van der Waals surface area contributed by atoms with Crippen LogP contribution in [0.3, 0.4) is 0 Å². The molecule has 0 radical (unpaired) electrons. The summed E-state index contributed by atoms with van der Waals surface area (Å²) in [5.41, 5.74) is 2.77. The minimum Gasteiger partial charge on any atom is -0.490 e. The van der Waals surface area contributed by atoms with Gasteiger partial charge in [0.25, 0.3) is 0 Å². The number of carbonyl (C=O) groups is 1. The number of aromatic amines is 1. The van der Waals surface area contributed by atoms with Gasteiger partial charge in [-0.15, -0.1) is 0 Å². The lowest BCUT2D eigenvalue weighted by Gasteiger charge is -2.18. The van der Waals surface area contributed by atoms with Crippen molar-refractivity contribution in [1.82, 2.24) is 10.3 Å². The van der Waals surface area contributed by atoms with E-state index in [9.17, 15) is 9.90 Å². The number of hydrogen-bond acceptors (Lipinski definition) is 4. The van der Waals surface area contributed by atoms with E-state index in [0.29, 0.717) is 36.1 Å². The fourth-order valence-electron chi connectivity index (χ4n) is 3.34. The van der Waals surface area contributed by atoms with Gasteiger partial charge in [0.15, 0.2) is 11.5 Å². The van der Waals surface area contributed by atoms with Gasteiger partial charge in [-0.25, -0.2) is 0 Å². The highest BCUT2D eigenvalue weighted by Crippen LogP contribution is 2.37. The zero-order valence-corrected chi connectivity index (χ0v) is 18.1. The fraction of sp³-hybridized carbons (Fsp3) is 0.348. The van der Waals surface area contributed by atoms with Crippen molar-refractivity contribution in [2.45, 2.75) is 45.9 Å². The zero-order valence-electron chi connectivity index (χ0n) is 17.4. The lowest BCUT2D eigenvalue weighted by molar-refractivity contribution is -0.139. The Labute approximate surface area is 181 Å². The van der Waals surface area contributed by atoms with E-state index in [1.807, 2.05) is 57.3 Å². The number of aliphatic carboxylic acids is 1. The Morgan fingerprint density at radius 2 is 2.03 bits per heavy atom. The topological polar surface area (TPSA) is 83.6 Å². The van der Waals surface area contributed by atoms with Crippen LogP contribution in [0.4, 0.5) is 0 Å². The lowest BCUT2D eigenvalue weighted by atomic mass is 10.0. The van der Waals surface area contributed by atoms with Gasteiger partial charge < -0.3 is 24.9 Å². The smallest absolute Gasteiger partial charge is 0.321 e. The monoisotopic (exact) mass is 430 g/mol. The first-order valence-electron chi connectivity index (χ1n) is 10.0. The number of nitrogens with one attached hydrogen (secondary N) is 2. The summed E-state index contributed by atoms with van der Waals surface area (Å²) in [6, 6.07) is 10.7. The molecule has 7 heteroatoms. The maximum atomic E-state index is 11.9. The number of fused-ring (bicyclic) bond motifs is 1. The molecule has 1 atom stereocenters. The molecule has 0 saturated carbocycles. The number of ether oxygens (including phenoxy) is 2. The van der Waals surface area contributed by atoms with E-state index >= 15 is 0 Å². The molecule has 3 N–H and O–H groups in total. The van der Waals surface area contributed by atoms with E-state index in [1.54, 1.807) is 6.07 Å². The summed E-state index contributed by atoms with van der Waals surface area (Å²) < 4.78 is 11.5. The van der Waals surface area contributed by atoms with E-state index in [1.165, 1.54) is 0 Å². The van der Waals surface area contributed by atoms with E-state index in [-0.39, 0.29) is 6.10 Å². The van der Waals surface area contributed by atoms with Crippen molar-refractivity contribution >= 4 is 28.5 Å². The number of halogens is 1. The lowest BCUT2D eigenvalue weighted by Crippen LogP contribution is -2.38. The first-order chi connectivity index (χ1) is 14.4. The minimum absolute atomic E-state index is 0.0433. The molecule has 0 aliphatic rings. The molecule has 0 bridgehead atoms. The van der Waals surface area contributed by atoms with Gasteiger partial charge in [-0.2, -0.15) is 0 Å². The molecule has 6 nitrogen and oxygen atoms in total. The Bertz CT molecular complexity index is 1020. The average molecular weight is 431 g/mol. The summed E-state index contributed by atoms with van der Waals surface area (Å²) in [7, 11) is 0. The molecule has 1 heterocycles. The van der Waals surface area contributed by atoms with Gasteiger partial charge in [-0.3, -0.25) is 4.79 Å². The fourth-order valence-corrected chi connectivity index (χ4v) is 3.62. The Hall–Kier alpha value is -2.70. The maximum absolute atomic E-state index is 11.9. The van der Waals surface area contributed by atoms with Crippen LogP contribution in [-0.4, -0.2) is 34.8 Å². The number of rotatable bonds is 10. The van der Waals surface area contributed by atoms with E-state index in [2.05, 4.69) is 10.3 Å². The molecular weight excluding hydrogens is 404 g/mol. The van der Waals surface area contributed by atoms with Gasteiger partial charge in [0.05, 0.1) is 17.7 Å². The highest BCUT2D eigenvalue weighted by molar-refractivity contribution is 6.32. The molecule has 1 aromatic heterocycles. The van der Waals surface area contributed by atoms with Gasteiger partial charge >= 0.3 is 5.97 Å². The normalized spacial score (nSPS) is 12.3. The number of H-pyrrole nitrogens is 1. The molecule has 0 amide bonds. The third-order valence-electron chi connectivity index (χ3n) is 4.67. The Balaban J connectivity index is 1.76. The molecular formula is C23H27ClN2O4. The van der Waals surface area contributed by atoms with E-state index in [0.717, 1.165) is 22.0 Å². The van der Waals surface area contributed by atoms with Crippen molar-refractivity contribution in [2.75, 3.05) is 6.61 Å². The predicted molar refractivity (Wildman–Crippen MR) is 119 cm³/mol. The van der Waals surface area contributed by atoms with E-state index in [4.69, 9.17) is 21.1 Å². The van der Waals surface area contributed by atoms with Crippen LogP contribution < -0.4 is 14.8 Å². The van der Waals surface area contributed by atoms with Crippen LogP contribution in [0.15, 0.2) is 42.6 Å². The Morgan fingerprint density at radius 3 is 2.73 bits per heavy atom. The van der Waals surface area contributed by atoms with Crippen molar-refractivity contribution in [3.63, 3.8) is 0 Å². The average Bonchev–Trinajstić information content (AvgIpc) is 3.10. The van der Waals surface area contributed by atoms with Gasteiger partial charge in [0, 0.05) is 30.1 Å². The van der Waals surface area contributed by atoms with Gasteiger partial charge in [0.1, 0.15) is 6.04 Å². The first-order valence-corrected chi connectivity index (χ1v) is 10.4. The summed E-state index contributed by atoms with van der Waals surface area (Å²) in [5, 5.41) is 14.3. The van der Waals surface area contributed by atoms with Crippen molar-refractivity contribution < 1.29 is 19.4 Å². The SMILES string of the molecule is CCOc1cc(CN[C@H](Cc2c[nH]c3ccccc23)C(=O)O)cc(Cl)c1OC(C)C. The second kappa shape index (κ2) is 9.87. The standard InChI is InChI=1S/C23H27ClN2O4/c1-4-29-21-10-15(9-18(24)22(21)30-14(2)3)12-25-20(23(27)28)11-16-13-26-19-8-6-5-7-17(16)19/h5-10,13-14,20,25-26H,4,11-12H2,1-3H3,(H,27,28)/t20-/m1/s1. The highest BCUT2D eigenvalue weighted by atomic mass is 35.5. The molecule has 0 fully saturated rings. The molecule has 2 aromatic carbocycles. The van der Waals surface area contributed by atoms with Crippen LogP contribution in [0.2, 0.25) is 5.02 Å². The molecule has 3 aromatic rings. The van der Waals surface area contributed by atoms with Crippen LogP contribution >= 0.6 is 11.6 Å². The number of aromatic nitrogens is 1. The second-order valence-electron chi connectivity index (χ2n) is 7.34. The van der Waals surface area contributed by atoms with Crippen LogP contribution in [-0.2, 0) is 17.8 Å². The molecule has 160 valence electrons. The predicted octanol–water partition coefficient (Wildman–Crippen LogP) is 4.79. The molecule has 0 aliphatic heterocycles. The maximum Gasteiger partial charge on any atom is 0.321 e. The number of carboxylic acid groups (broad SMARTS) is 1. The molecule has 0 aliphatic carbocycles. The van der Waals surface area contributed by atoms with Crippen molar-refractivity contribution in [2.24, 2.45) is 0 Å². The van der Waals surface area contributed by atoms with Crippen LogP contribution in [0.1, 0.15) is 31.9 Å². The first kappa shape index (κ1) is 22.0. The minimum atomic E-state index is -0.906. The van der Waals surface area contributed by atoms with Crippen LogP contribution in [0.5, 0.6) is 11.5 Å². The second-order valence-corrected chi connectivity index (χ2v) is 7.75. The van der Waals surface area contributed by atoms with Gasteiger partial charge in [-0.1, -0.05) is 29.8 Å². The van der Waals surface area contributed by atoms with Gasteiger partial charge in [-0.05, 0) is 50.1 Å². The quantitative estimate of drug-likeness (QED) is 0.430. The number of carboxylic acids is 1. The molecule has 0 unspecified atom stereocenters. The number of benzene rings is 2. The summed E-state index contributed by atoms with van der Waals surface area (Å²) >= 11 is 6.42. The molecule has 0 spiro atoms. The Morgan fingerprint density at radius 1 is 1.27 bits per heavy atom. The van der Waals surface area contributed by atoms with Crippen LogP contribution in [0, 0.1) is 0 Å². The summed E-state index contributed by atoms with van der Waals surface area (Å²) in [6.45, 7) is 6.54. The third kappa shape index (κ3) is 5.26. The number of hydrogen-bond donors (Lipinski definition) is 3. The summed E-state index contributed by atoms with van der Waals surface area (Å²) in [4.78, 5) is 15.0.